The lowest BCUT2D eigenvalue weighted by molar-refractivity contribution is 0.301. The van der Waals surface area contributed by atoms with E-state index in [1.807, 2.05) is 0 Å². The van der Waals surface area contributed by atoms with Gasteiger partial charge in [0.25, 0.3) is 5.56 Å². The number of hydrogen-bond acceptors (Lipinski definition) is 3. The van der Waals surface area contributed by atoms with Crippen molar-refractivity contribution >= 4 is 40.5 Å². The standard InChI is InChI=1S/C14H13Cl3N2O2/c15-9-6-11(16)14(12(17)7-9)21-5-1-4-19-8-10(18)2-3-13(19)20/h2-3,6-8H,1,4-5,18H2. The van der Waals surface area contributed by atoms with Gasteiger partial charge < -0.3 is 15.0 Å². The molecule has 0 bridgehead atoms. The van der Waals surface area contributed by atoms with E-state index in [-0.39, 0.29) is 5.56 Å². The predicted molar refractivity (Wildman–Crippen MR) is 86.7 cm³/mol. The highest BCUT2D eigenvalue weighted by atomic mass is 35.5. The summed E-state index contributed by atoms with van der Waals surface area (Å²) in [5.74, 6) is 0.391. The van der Waals surface area contributed by atoms with Crippen molar-refractivity contribution in [2.24, 2.45) is 0 Å². The third-order valence-electron chi connectivity index (χ3n) is 2.76. The number of benzene rings is 1. The van der Waals surface area contributed by atoms with E-state index in [0.29, 0.717) is 46.1 Å². The average Bonchev–Trinajstić information content (AvgIpc) is 2.40. The smallest absolute Gasteiger partial charge is 0.250 e. The molecule has 0 saturated carbocycles. The molecule has 0 aliphatic rings. The number of rotatable bonds is 5. The van der Waals surface area contributed by atoms with Crippen LogP contribution >= 0.6 is 34.8 Å². The van der Waals surface area contributed by atoms with Crippen LogP contribution in [0.2, 0.25) is 15.1 Å². The number of hydrogen-bond donors (Lipinski definition) is 1. The molecular weight excluding hydrogens is 335 g/mol. The Bertz CT molecular complexity index is 678. The van der Waals surface area contributed by atoms with Crippen molar-refractivity contribution in [2.75, 3.05) is 12.3 Å². The van der Waals surface area contributed by atoms with Crippen LogP contribution in [0.4, 0.5) is 5.69 Å². The van der Waals surface area contributed by atoms with Gasteiger partial charge in [0.1, 0.15) is 0 Å². The van der Waals surface area contributed by atoms with Gasteiger partial charge in [-0.2, -0.15) is 0 Å². The molecule has 2 rings (SSSR count). The lowest BCUT2D eigenvalue weighted by Crippen LogP contribution is -2.20. The van der Waals surface area contributed by atoms with Gasteiger partial charge in [0.2, 0.25) is 0 Å². The molecule has 0 spiro atoms. The molecule has 0 aliphatic heterocycles. The second kappa shape index (κ2) is 7.07. The maximum absolute atomic E-state index is 11.6. The van der Waals surface area contributed by atoms with Crippen molar-refractivity contribution in [3.05, 3.63) is 55.9 Å². The summed E-state index contributed by atoms with van der Waals surface area (Å²) in [4.78, 5) is 11.6. The van der Waals surface area contributed by atoms with Crippen LogP contribution in [0.3, 0.4) is 0 Å². The first-order chi connectivity index (χ1) is 9.97. The van der Waals surface area contributed by atoms with E-state index in [1.54, 1.807) is 24.4 Å². The van der Waals surface area contributed by atoms with Crippen LogP contribution in [0.15, 0.2) is 35.3 Å². The fourth-order valence-corrected chi connectivity index (χ4v) is 2.73. The highest BCUT2D eigenvalue weighted by Crippen LogP contribution is 2.35. The molecule has 0 radical (unpaired) electrons. The summed E-state index contributed by atoms with van der Waals surface area (Å²) in [5.41, 5.74) is 6.07. The van der Waals surface area contributed by atoms with Gasteiger partial charge in [0, 0.05) is 29.5 Å². The number of nitrogens with zero attached hydrogens (tertiary/aromatic N) is 1. The van der Waals surface area contributed by atoms with Crippen LogP contribution in [-0.4, -0.2) is 11.2 Å². The molecule has 0 fully saturated rings. The molecule has 1 heterocycles. The molecule has 2 aromatic rings. The summed E-state index contributed by atoms with van der Waals surface area (Å²) in [7, 11) is 0. The quantitative estimate of drug-likeness (QED) is 0.836. The zero-order valence-corrected chi connectivity index (χ0v) is 13.3. The molecule has 21 heavy (non-hydrogen) atoms. The molecule has 0 atom stereocenters. The Labute approximate surface area is 137 Å². The number of aromatic nitrogens is 1. The number of aryl methyl sites for hydroxylation is 1. The maximum atomic E-state index is 11.6. The normalized spacial score (nSPS) is 10.6. The molecule has 2 N–H and O–H groups in total. The van der Waals surface area contributed by atoms with Crippen molar-refractivity contribution in [2.45, 2.75) is 13.0 Å². The van der Waals surface area contributed by atoms with Gasteiger partial charge in [0.15, 0.2) is 5.75 Å². The molecular formula is C14H13Cl3N2O2. The van der Waals surface area contributed by atoms with Crippen LogP contribution in [0.25, 0.3) is 0 Å². The van der Waals surface area contributed by atoms with Gasteiger partial charge in [-0.15, -0.1) is 0 Å². The van der Waals surface area contributed by atoms with Crippen LogP contribution in [0, 0.1) is 0 Å². The van der Waals surface area contributed by atoms with Crippen LogP contribution in [-0.2, 0) is 6.54 Å². The van der Waals surface area contributed by atoms with Gasteiger partial charge >= 0.3 is 0 Å². The summed E-state index contributed by atoms with van der Waals surface area (Å²) in [6.07, 6.45) is 2.21. The summed E-state index contributed by atoms with van der Waals surface area (Å²) in [6, 6.07) is 6.13. The van der Waals surface area contributed by atoms with Crippen molar-refractivity contribution in [3.63, 3.8) is 0 Å². The first kappa shape index (κ1) is 16.0. The minimum atomic E-state index is -0.105. The third kappa shape index (κ3) is 4.30. The van der Waals surface area contributed by atoms with E-state index in [4.69, 9.17) is 45.3 Å². The van der Waals surface area contributed by atoms with Gasteiger partial charge in [-0.05, 0) is 24.6 Å². The second-order valence-electron chi connectivity index (χ2n) is 4.39. The number of halogens is 3. The first-order valence-electron chi connectivity index (χ1n) is 6.20. The fourth-order valence-electron chi connectivity index (χ4n) is 1.80. The Kier molecular flexibility index (Phi) is 5.39. The van der Waals surface area contributed by atoms with E-state index < -0.39 is 0 Å². The van der Waals surface area contributed by atoms with Gasteiger partial charge in [-0.25, -0.2) is 0 Å². The van der Waals surface area contributed by atoms with E-state index >= 15 is 0 Å². The lowest BCUT2D eigenvalue weighted by atomic mass is 10.3. The minimum Gasteiger partial charge on any atom is -0.490 e. The largest absolute Gasteiger partial charge is 0.490 e. The molecule has 0 amide bonds. The summed E-state index contributed by atoms with van der Waals surface area (Å²) in [6.45, 7) is 0.856. The molecule has 0 aliphatic carbocycles. The zero-order valence-electron chi connectivity index (χ0n) is 11.0. The number of nitrogens with two attached hydrogens (primary N) is 1. The Morgan fingerprint density at radius 2 is 1.81 bits per heavy atom. The van der Waals surface area contributed by atoms with Crippen LogP contribution in [0.1, 0.15) is 6.42 Å². The third-order valence-corrected chi connectivity index (χ3v) is 3.54. The van der Waals surface area contributed by atoms with E-state index in [1.165, 1.54) is 10.6 Å². The summed E-state index contributed by atoms with van der Waals surface area (Å²) < 4.78 is 7.08. The SMILES string of the molecule is Nc1ccc(=O)n(CCCOc2c(Cl)cc(Cl)cc2Cl)c1. The van der Waals surface area contributed by atoms with Crippen molar-refractivity contribution < 1.29 is 4.74 Å². The predicted octanol–water partition coefficient (Wildman–Crippen LogP) is 3.86. The van der Waals surface area contributed by atoms with Gasteiger partial charge in [-0.3, -0.25) is 4.79 Å². The maximum Gasteiger partial charge on any atom is 0.250 e. The number of anilines is 1. The van der Waals surface area contributed by atoms with Gasteiger partial charge in [0.05, 0.1) is 16.7 Å². The van der Waals surface area contributed by atoms with Crippen LogP contribution in [0.5, 0.6) is 5.75 Å². The van der Waals surface area contributed by atoms with Crippen molar-refractivity contribution in [3.8, 4) is 5.75 Å². The zero-order chi connectivity index (χ0) is 15.4. The first-order valence-corrected chi connectivity index (χ1v) is 7.34. The Hall–Kier alpha value is -1.36. The van der Waals surface area contributed by atoms with E-state index in [9.17, 15) is 4.79 Å². The Balaban J connectivity index is 1.94. The number of pyridine rings is 1. The molecule has 112 valence electrons. The highest BCUT2D eigenvalue weighted by Gasteiger charge is 2.09. The fraction of sp³-hybridized carbons (Fsp3) is 0.214. The Morgan fingerprint density at radius 3 is 2.48 bits per heavy atom. The monoisotopic (exact) mass is 346 g/mol. The molecule has 4 nitrogen and oxygen atoms in total. The average molecular weight is 348 g/mol. The minimum absolute atomic E-state index is 0.105. The summed E-state index contributed by atoms with van der Waals surface area (Å²) >= 11 is 17.8. The molecule has 0 unspecified atom stereocenters. The van der Waals surface area contributed by atoms with Crippen molar-refractivity contribution in [1.82, 2.24) is 4.57 Å². The molecule has 1 aromatic carbocycles. The van der Waals surface area contributed by atoms with E-state index in [2.05, 4.69) is 0 Å². The lowest BCUT2D eigenvalue weighted by Gasteiger charge is -2.11. The molecule has 7 heteroatoms. The number of nitrogen functional groups attached to an aromatic ring is 1. The highest BCUT2D eigenvalue weighted by molar-refractivity contribution is 6.40. The van der Waals surface area contributed by atoms with E-state index in [0.717, 1.165) is 0 Å². The van der Waals surface area contributed by atoms with Crippen molar-refractivity contribution in [1.29, 1.82) is 0 Å². The topological polar surface area (TPSA) is 57.2 Å². The Morgan fingerprint density at radius 1 is 1.14 bits per heavy atom. The van der Waals surface area contributed by atoms with Crippen LogP contribution < -0.4 is 16.0 Å². The van der Waals surface area contributed by atoms with Gasteiger partial charge in [-0.1, -0.05) is 34.8 Å². The summed E-state index contributed by atoms with van der Waals surface area (Å²) in [5, 5.41) is 1.16. The number of ether oxygens (including phenoxy) is 1. The molecule has 1 aromatic heterocycles. The second-order valence-corrected chi connectivity index (χ2v) is 5.65. The molecule has 0 saturated heterocycles.